The first-order valence-corrected chi connectivity index (χ1v) is 9.33. The van der Waals surface area contributed by atoms with E-state index in [0.29, 0.717) is 28.5 Å². The third-order valence-electron chi connectivity index (χ3n) is 3.67. The quantitative estimate of drug-likeness (QED) is 0.436. The van der Waals surface area contributed by atoms with Crippen LogP contribution in [0.3, 0.4) is 0 Å². The first-order valence-electron chi connectivity index (χ1n) is 7.45. The van der Waals surface area contributed by atoms with E-state index in [4.69, 9.17) is 23.2 Å². The summed E-state index contributed by atoms with van der Waals surface area (Å²) in [5, 5.41) is 38.5. The van der Waals surface area contributed by atoms with Crippen molar-refractivity contribution in [2.75, 3.05) is 5.33 Å². The average Bonchev–Trinajstić information content (AvgIpc) is 2.60. The van der Waals surface area contributed by atoms with E-state index in [1.54, 1.807) is 6.08 Å². The fourth-order valence-corrected chi connectivity index (χ4v) is 3.10. The maximum atomic E-state index is 11.4. The molecule has 2 aromatic rings. The summed E-state index contributed by atoms with van der Waals surface area (Å²) in [4.78, 5) is 22.7. The van der Waals surface area contributed by atoms with Gasteiger partial charge < -0.3 is 20.4 Å². The van der Waals surface area contributed by atoms with Gasteiger partial charge in [-0.1, -0.05) is 45.2 Å². The van der Waals surface area contributed by atoms with Crippen LogP contribution in [0.25, 0.3) is 5.57 Å². The van der Waals surface area contributed by atoms with Crippen molar-refractivity contribution in [3.63, 3.8) is 0 Å². The smallest absolute Gasteiger partial charge is 0.339 e. The Bertz CT molecular complexity index is 884. The number of hydrogen-bond acceptors (Lipinski definition) is 4. The first-order chi connectivity index (χ1) is 12.7. The third-order valence-corrected chi connectivity index (χ3v) is 4.70. The molecule has 27 heavy (non-hydrogen) atoms. The number of rotatable bonds is 6. The molecule has 0 spiro atoms. The molecular formula is C18H13BrCl2O6. The number of aromatic hydroxyl groups is 2. The zero-order valence-electron chi connectivity index (χ0n) is 13.5. The lowest BCUT2D eigenvalue weighted by Gasteiger charge is -2.14. The minimum atomic E-state index is -1.37. The van der Waals surface area contributed by atoms with E-state index >= 15 is 0 Å². The Morgan fingerprint density at radius 2 is 1.30 bits per heavy atom. The van der Waals surface area contributed by atoms with Gasteiger partial charge in [0.05, 0.1) is 10.0 Å². The maximum Gasteiger partial charge on any atom is 0.339 e. The van der Waals surface area contributed by atoms with Gasteiger partial charge in [-0.2, -0.15) is 0 Å². The van der Waals surface area contributed by atoms with Crippen molar-refractivity contribution < 1.29 is 30.0 Å². The summed E-state index contributed by atoms with van der Waals surface area (Å²) in [5.41, 5.74) is 0.336. The van der Waals surface area contributed by atoms with Gasteiger partial charge in [0.2, 0.25) is 0 Å². The Hall–Kier alpha value is -2.22. The van der Waals surface area contributed by atoms with Crippen LogP contribution in [-0.4, -0.2) is 37.7 Å². The molecule has 0 saturated carbocycles. The molecular weight excluding hydrogens is 463 g/mol. The first kappa shape index (κ1) is 21.1. The van der Waals surface area contributed by atoms with Gasteiger partial charge in [-0.05, 0) is 47.4 Å². The molecule has 2 aromatic carbocycles. The number of aromatic carboxylic acids is 2. The number of benzene rings is 2. The van der Waals surface area contributed by atoms with Crippen LogP contribution in [0, 0.1) is 0 Å². The number of carbonyl (C=O) groups is 2. The Balaban J connectivity index is 2.76. The van der Waals surface area contributed by atoms with E-state index in [9.17, 15) is 30.0 Å². The highest BCUT2D eigenvalue weighted by Crippen LogP contribution is 2.37. The minimum Gasteiger partial charge on any atom is -0.505 e. The molecule has 0 bridgehead atoms. The van der Waals surface area contributed by atoms with E-state index in [0.717, 1.165) is 0 Å². The van der Waals surface area contributed by atoms with Crippen molar-refractivity contribution in [1.82, 2.24) is 0 Å². The Labute approximate surface area is 172 Å². The minimum absolute atomic E-state index is 0.169. The number of allylic oxidation sites excluding steroid dienone is 1. The van der Waals surface area contributed by atoms with Crippen LogP contribution in [0.1, 0.15) is 38.3 Å². The molecule has 0 radical (unpaired) electrons. The van der Waals surface area contributed by atoms with Gasteiger partial charge in [-0.25, -0.2) is 9.59 Å². The van der Waals surface area contributed by atoms with Crippen LogP contribution in [0.5, 0.6) is 11.5 Å². The van der Waals surface area contributed by atoms with Crippen LogP contribution in [-0.2, 0) is 0 Å². The number of halogens is 3. The summed E-state index contributed by atoms with van der Waals surface area (Å²) in [6.45, 7) is 0. The Morgan fingerprint density at radius 3 is 1.63 bits per heavy atom. The fourth-order valence-electron chi connectivity index (χ4n) is 2.44. The normalized spacial score (nSPS) is 10.5. The molecule has 0 amide bonds. The van der Waals surface area contributed by atoms with Gasteiger partial charge in [0, 0.05) is 5.33 Å². The van der Waals surface area contributed by atoms with Crippen molar-refractivity contribution in [2.24, 2.45) is 0 Å². The maximum absolute atomic E-state index is 11.4. The highest BCUT2D eigenvalue weighted by molar-refractivity contribution is 9.09. The molecule has 6 nitrogen and oxygen atoms in total. The Morgan fingerprint density at radius 1 is 0.889 bits per heavy atom. The molecule has 142 valence electrons. The van der Waals surface area contributed by atoms with Gasteiger partial charge in [0.1, 0.15) is 22.6 Å². The molecule has 0 aliphatic heterocycles. The summed E-state index contributed by atoms with van der Waals surface area (Å²) in [6.07, 6.45) is 2.26. The number of phenols is 2. The molecule has 0 unspecified atom stereocenters. The van der Waals surface area contributed by atoms with E-state index in [1.165, 1.54) is 24.3 Å². The predicted octanol–water partition coefficient (Wildman–Crippen LogP) is 5.02. The highest BCUT2D eigenvalue weighted by Gasteiger charge is 2.20. The lowest BCUT2D eigenvalue weighted by atomic mass is 9.93. The molecule has 0 fully saturated rings. The summed E-state index contributed by atoms with van der Waals surface area (Å²) in [6, 6.07) is 5.19. The van der Waals surface area contributed by atoms with Crippen molar-refractivity contribution >= 4 is 56.6 Å². The molecule has 0 aromatic heterocycles. The summed E-state index contributed by atoms with van der Waals surface area (Å²) < 4.78 is 0. The predicted molar refractivity (Wildman–Crippen MR) is 106 cm³/mol. The summed E-state index contributed by atoms with van der Waals surface area (Å²) in [7, 11) is 0. The van der Waals surface area contributed by atoms with Crippen LogP contribution in [0.4, 0.5) is 0 Å². The van der Waals surface area contributed by atoms with E-state index in [1.807, 2.05) is 0 Å². The standard InChI is InChI=1S/C18H13BrCl2O6/c19-3-1-2-10(8-4-11(17(24)25)15(22)13(20)6-8)9-5-12(18(26)27)16(23)14(21)7-9/h2,4-7,22-23H,1,3H2,(H,24,25)(H,26,27). The molecule has 0 heterocycles. The van der Waals surface area contributed by atoms with Crippen molar-refractivity contribution in [1.29, 1.82) is 0 Å². The molecule has 4 N–H and O–H groups in total. The number of carboxylic acids is 2. The summed E-state index contributed by atoms with van der Waals surface area (Å²) >= 11 is 15.2. The lowest BCUT2D eigenvalue weighted by molar-refractivity contribution is 0.0682. The van der Waals surface area contributed by atoms with Gasteiger partial charge in [0.15, 0.2) is 0 Å². The van der Waals surface area contributed by atoms with Gasteiger partial charge in [-0.3, -0.25) is 0 Å². The zero-order valence-corrected chi connectivity index (χ0v) is 16.6. The molecule has 0 saturated heterocycles. The monoisotopic (exact) mass is 474 g/mol. The second kappa shape index (κ2) is 8.65. The van der Waals surface area contributed by atoms with Crippen molar-refractivity contribution in [3.05, 3.63) is 62.6 Å². The number of alkyl halides is 1. The topological polar surface area (TPSA) is 115 Å². The van der Waals surface area contributed by atoms with Crippen LogP contribution in [0.15, 0.2) is 30.3 Å². The van der Waals surface area contributed by atoms with Crippen molar-refractivity contribution in [2.45, 2.75) is 6.42 Å². The zero-order chi connectivity index (χ0) is 20.3. The second-order valence-electron chi connectivity index (χ2n) is 5.41. The molecule has 9 heteroatoms. The molecule has 2 rings (SSSR count). The lowest BCUT2D eigenvalue weighted by Crippen LogP contribution is -2.02. The molecule has 0 aliphatic rings. The van der Waals surface area contributed by atoms with Gasteiger partial charge >= 0.3 is 11.9 Å². The average molecular weight is 476 g/mol. The molecule has 0 atom stereocenters. The number of hydrogen-bond donors (Lipinski definition) is 4. The summed E-state index contributed by atoms with van der Waals surface area (Å²) in [5.74, 6) is -3.87. The number of carboxylic acid groups (broad SMARTS) is 2. The van der Waals surface area contributed by atoms with Gasteiger partial charge in [-0.15, -0.1) is 0 Å². The second-order valence-corrected chi connectivity index (χ2v) is 7.02. The SMILES string of the molecule is O=C(O)c1cc(C(=CCCBr)c2cc(Cl)c(O)c(C(=O)O)c2)cc(Cl)c1O. The molecule has 0 aliphatic carbocycles. The third kappa shape index (κ3) is 4.55. The van der Waals surface area contributed by atoms with Crippen LogP contribution in [0.2, 0.25) is 10.0 Å². The van der Waals surface area contributed by atoms with Crippen LogP contribution >= 0.6 is 39.1 Å². The largest absolute Gasteiger partial charge is 0.505 e. The fraction of sp³-hybridized carbons (Fsp3) is 0.111. The van der Waals surface area contributed by atoms with E-state index in [-0.39, 0.29) is 10.0 Å². The van der Waals surface area contributed by atoms with Crippen molar-refractivity contribution in [3.8, 4) is 11.5 Å². The van der Waals surface area contributed by atoms with Gasteiger partial charge in [0.25, 0.3) is 0 Å². The van der Waals surface area contributed by atoms with E-state index in [2.05, 4.69) is 15.9 Å². The van der Waals surface area contributed by atoms with E-state index < -0.39 is 34.6 Å². The highest BCUT2D eigenvalue weighted by atomic mass is 79.9. The Kier molecular flexibility index (Phi) is 6.75. The van der Waals surface area contributed by atoms with Crippen LogP contribution < -0.4 is 0 Å².